The van der Waals surface area contributed by atoms with Crippen LogP contribution in [0.15, 0.2) is 60.7 Å². The summed E-state index contributed by atoms with van der Waals surface area (Å²) in [6.07, 6.45) is 0. The number of carbonyl (C=O) groups excluding carboxylic acids is 2. The number of aryl methyl sites for hydroxylation is 2. The van der Waals surface area contributed by atoms with Crippen molar-refractivity contribution in [3.63, 3.8) is 0 Å². The van der Waals surface area contributed by atoms with Crippen LogP contribution in [0.4, 0.5) is 0 Å². The highest BCUT2D eigenvalue weighted by atomic mass is 16.5. The Morgan fingerprint density at radius 1 is 0.727 bits per heavy atom. The minimum Gasteiger partial charge on any atom is -0.465 e. The average molecular weight is 442 g/mol. The Hall–Kier alpha value is -4.26. The van der Waals surface area contributed by atoms with Crippen molar-refractivity contribution >= 4 is 22.7 Å². The van der Waals surface area contributed by atoms with Crippen molar-refractivity contribution < 1.29 is 23.8 Å². The normalized spacial score (nSPS) is 10.7. The van der Waals surface area contributed by atoms with Crippen molar-refractivity contribution in [2.45, 2.75) is 13.8 Å². The van der Waals surface area contributed by atoms with Gasteiger partial charge in [-0.2, -0.15) is 0 Å². The Kier molecular flexibility index (Phi) is 6.04. The van der Waals surface area contributed by atoms with Crippen LogP contribution in [0.3, 0.4) is 0 Å². The van der Waals surface area contributed by atoms with Crippen LogP contribution in [0.5, 0.6) is 11.6 Å². The molecular formula is C26H22N2O5. The zero-order valence-electron chi connectivity index (χ0n) is 18.7. The van der Waals surface area contributed by atoms with Crippen LogP contribution in [0.1, 0.15) is 31.8 Å². The van der Waals surface area contributed by atoms with E-state index < -0.39 is 11.9 Å². The van der Waals surface area contributed by atoms with Crippen molar-refractivity contribution in [1.82, 2.24) is 10.2 Å². The van der Waals surface area contributed by atoms with Gasteiger partial charge in [0.05, 0.1) is 25.3 Å². The van der Waals surface area contributed by atoms with Gasteiger partial charge in [-0.3, -0.25) is 0 Å². The molecule has 7 heteroatoms. The molecule has 0 saturated heterocycles. The lowest BCUT2D eigenvalue weighted by molar-refractivity contribution is 0.0598. The van der Waals surface area contributed by atoms with E-state index in [1.807, 2.05) is 30.3 Å². The number of fused-ring (bicyclic) bond motifs is 1. The molecule has 0 N–H and O–H groups in total. The second kappa shape index (κ2) is 9.08. The summed E-state index contributed by atoms with van der Waals surface area (Å²) in [5.74, 6) is -0.731. The molecule has 0 radical (unpaired) electrons. The van der Waals surface area contributed by atoms with E-state index in [-0.39, 0.29) is 22.8 Å². The number of carbonyl (C=O) groups is 2. The summed E-state index contributed by atoms with van der Waals surface area (Å²) in [7, 11) is 2.52. The van der Waals surface area contributed by atoms with Crippen molar-refractivity contribution in [3.05, 3.63) is 82.9 Å². The first-order chi connectivity index (χ1) is 15.9. The van der Waals surface area contributed by atoms with Crippen LogP contribution in [-0.2, 0) is 9.47 Å². The molecule has 0 fully saturated rings. The third-order valence-corrected chi connectivity index (χ3v) is 5.40. The smallest absolute Gasteiger partial charge is 0.338 e. The van der Waals surface area contributed by atoms with Crippen molar-refractivity contribution in [2.75, 3.05) is 14.2 Å². The topological polar surface area (TPSA) is 87.6 Å². The average Bonchev–Trinajstić information content (AvgIpc) is 2.84. The van der Waals surface area contributed by atoms with Crippen LogP contribution < -0.4 is 4.74 Å². The van der Waals surface area contributed by atoms with Crippen molar-refractivity contribution in [3.8, 4) is 22.9 Å². The molecule has 7 nitrogen and oxygen atoms in total. The van der Waals surface area contributed by atoms with Gasteiger partial charge in [-0.25, -0.2) is 9.59 Å². The third-order valence-electron chi connectivity index (χ3n) is 5.40. The number of aromatic nitrogens is 2. The molecule has 0 aliphatic carbocycles. The molecule has 166 valence electrons. The monoisotopic (exact) mass is 442 g/mol. The molecule has 0 saturated carbocycles. The van der Waals surface area contributed by atoms with Crippen LogP contribution >= 0.6 is 0 Å². The van der Waals surface area contributed by atoms with Crippen LogP contribution in [-0.4, -0.2) is 36.4 Å². The van der Waals surface area contributed by atoms with Gasteiger partial charge in [-0.05, 0) is 55.3 Å². The first-order valence-electron chi connectivity index (χ1n) is 10.2. The standard InChI is InChI=1S/C26H22N2O5/c1-15-9-10-17(11-16(15)2)23-21-7-5-6-8-22(21)24(28-27-23)33-20-13-18(25(29)31-3)12-19(14-20)26(30)32-4/h5-14H,1-4H3. The fourth-order valence-electron chi connectivity index (χ4n) is 3.50. The van der Waals surface area contributed by atoms with E-state index in [9.17, 15) is 9.59 Å². The molecule has 33 heavy (non-hydrogen) atoms. The molecule has 0 amide bonds. The lowest BCUT2D eigenvalue weighted by Crippen LogP contribution is -2.07. The molecule has 0 atom stereocenters. The second-order valence-corrected chi connectivity index (χ2v) is 7.53. The summed E-state index contributed by atoms with van der Waals surface area (Å²) < 4.78 is 15.6. The van der Waals surface area contributed by atoms with E-state index in [0.29, 0.717) is 0 Å². The summed E-state index contributed by atoms with van der Waals surface area (Å²) in [4.78, 5) is 24.2. The van der Waals surface area contributed by atoms with Crippen LogP contribution in [0.2, 0.25) is 0 Å². The minimum absolute atomic E-state index is 0.152. The molecule has 0 aliphatic rings. The van der Waals surface area contributed by atoms with Gasteiger partial charge < -0.3 is 14.2 Å². The van der Waals surface area contributed by atoms with E-state index in [1.165, 1.54) is 38.0 Å². The van der Waals surface area contributed by atoms with Crippen molar-refractivity contribution in [2.24, 2.45) is 0 Å². The molecule has 4 rings (SSSR count). The molecule has 0 bridgehead atoms. The molecule has 0 spiro atoms. The third kappa shape index (κ3) is 4.39. The maximum Gasteiger partial charge on any atom is 0.338 e. The zero-order chi connectivity index (χ0) is 23.5. The Balaban J connectivity index is 1.81. The predicted molar refractivity (Wildman–Crippen MR) is 124 cm³/mol. The van der Waals surface area contributed by atoms with Gasteiger partial charge in [-0.1, -0.05) is 30.3 Å². The van der Waals surface area contributed by atoms with Gasteiger partial charge in [0.1, 0.15) is 11.4 Å². The number of benzene rings is 3. The summed E-state index contributed by atoms with van der Waals surface area (Å²) in [6.45, 7) is 4.12. The van der Waals surface area contributed by atoms with Crippen LogP contribution in [0, 0.1) is 13.8 Å². The van der Waals surface area contributed by atoms with E-state index in [4.69, 9.17) is 14.2 Å². The van der Waals surface area contributed by atoms with Gasteiger partial charge in [0, 0.05) is 16.3 Å². The number of nitrogens with zero attached hydrogens (tertiary/aromatic N) is 2. The Labute approximate surface area is 190 Å². The largest absolute Gasteiger partial charge is 0.465 e. The summed E-state index contributed by atoms with van der Waals surface area (Å²) in [6, 6.07) is 18.1. The SMILES string of the molecule is COC(=O)c1cc(Oc2nnc(-c3ccc(C)c(C)c3)c3ccccc23)cc(C(=O)OC)c1. The Morgan fingerprint density at radius 2 is 1.36 bits per heavy atom. The zero-order valence-corrected chi connectivity index (χ0v) is 18.7. The molecule has 3 aromatic carbocycles. The molecular weight excluding hydrogens is 420 g/mol. The fourth-order valence-corrected chi connectivity index (χ4v) is 3.50. The predicted octanol–water partition coefficient (Wildman–Crippen LogP) is 5.28. The highest BCUT2D eigenvalue weighted by molar-refractivity contribution is 5.98. The van der Waals surface area contributed by atoms with E-state index in [0.717, 1.165) is 27.6 Å². The van der Waals surface area contributed by atoms with Crippen LogP contribution in [0.25, 0.3) is 22.0 Å². The molecule has 0 unspecified atom stereocenters. The van der Waals surface area contributed by atoms with Gasteiger partial charge >= 0.3 is 11.9 Å². The highest BCUT2D eigenvalue weighted by Gasteiger charge is 2.17. The first-order valence-corrected chi connectivity index (χ1v) is 10.2. The lowest BCUT2D eigenvalue weighted by Gasteiger charge is -2.12. The van der Waals surface area contributed by atoms with Gasteiger partial charge in [0.2, 0.25) is 5.88 Å². The lowest BCUT2D eigenvalue weighted by atomic mass is 10.0. The number of ether oxygens (including phenoxy) is 3. The van der Waals surface area contributed by atoms with Gasteiger partial charge in [0.25, 0.3) is 0 Å². The Bertz CT molecular complexity index is 1350. The number of hydrogen-bond donors (Lipinski definition) is 0. The van der Waals surface area contributed by atoms with E-state index in [1.54, 1.807) is 0 Å². The Morgan fingerprint density at radius 3 is 1.97 bits per heavy atom. The second-order valence-electron chi connectivity index (χ2n) is 7.53. The highest BCUT2D eigenvalue weighted by Crippen LogP contribution is 2.34. The molecule has 0 aliphatic heterocycles. The first kappa shape index (κ1) is 22.0. The number of esters is 2. The quantitative estimate of drug-likeness (QED) is 0.389. The molecule has 1 aromatic heterocycles. The maximum atomic E-state index is 12.1. The summed E-state index contributed by atoms with van der Waals surface area (Å²) in [5.41, 5.74) is 4.35. The van der Waals surface area contributed by atoms with E-state index >= 15 is 0 Å². The van der Waals surface area contributed by atoms with Gasteiger partial charge in [-0.15, -0.1) is 10.2 Å². The number of hydrogen-bond acceptors (Lipinski definition) is 7. The van der Waals surface area contributed by atoms with Gasteiger partial charge in [0.15, 0.2) is 0 Å². The van der Waals surface area contributed by atoms with Crippen molar-refractivity contribution in [1.29, 1.82) is 0 Å². The number of rotatable bonds is 5. The summed E-state index contributed by atoms with van der Waals surface area (Å²) >= 11 is 0. The molecule has 1 heterocycles. The minimum atomic E-state index is -0.605. The number of methoxy groups -OCH3 is 2. The maximum absolute atomic E-state index is 12.1. The molecule has 4 aromatic rings. The van der Waals surface area contributed by atoms with E-state index in [2.05, 4.69) is 36.2 Å². The fraction of sp³-hybridized carbons (Fsp3) is 0.154. The summed E-state index contributed by atoms with van der Waals surface area (Å²) in [5, 5.41) is 10.4.